The first-order valence-corrected chi connectivity index (χ1v) is 7.61. The maximum absolute atomic E-state index is 12.8. The average molecular weight is 268 g/mol. The van der Waals surface area contributed by atoms with E-state index < -0.39 is 0 Å². The van der Waals surface area contributed by atoms with Gasteiger partial charge in [0, 0.05) is 12.6 Å². The van der Waals surface area contributed by atoms with Crippen molar-refractivity contribution >= 4 is 5.91 Å². The van der Waals surface area contributed by atoms with Crippen LogP contribution < -0.4 is 5.73 Å². The second kappa shape index (κ2) is 5.80. The lowest BCUT2D eigenvalue weighted by atomic mass is 9.86. The van der Waals surface area contributed by atoms with Gasteiger partial charge in [0.1, 0.15) is 0 Å². The van der Waals surface area contributed by atoms with E-state index in [2.05, 4.69) is 25.7 Å². The zero-order valence-electron chi connectivity index (χ0n) is 12.6. The van der Waals surface area contributed by atoms with Gasteiger partial charge in [0.2, 0.25) is 5.91 Å². The monoisotopic (exact) mass is 268 g/mol. The summed E-state index contributed by atoms with van der Waals surface area (Å²) in [6.07, 6.45) is 2.42. The Morgan fingerprint density at radius 1 is 1.21 bits per heavy atom. The summed E-state index contributed by atoms with van der Waals surface area (Å²) in [5, 5.41) is 0. The van der Waals surface area contributed by atoms with Gasteiger partial charge in [-0.3, -0.25) is 4.79 Å². The predicted octanol–water partition coefficient (Wildman–Crippen LogP) is 1.63. The zero-order chi connectivity index (χ0) is 14.2. The Morgan fingerprint density at radius 3 is 2.42 bits per heavy atom. The summed E-state index contributed by atoms with van der Waals surface area (Å²) in [5.74, 6) is 1.04. The van der Waals surface area contributed by atoms with Crippen LogP contribution >= 0.6 is 0 Å². The van der Waals surface area contributed by atoms with Gasteiger partial charge in [-0.25, -0.2) is 0 Å². The standard InChI is InChI=1S/C15H28N2O2/c1-9-5-6-13(7-16)8-17(9)15(18)14-10(2)11(3)19-12(14)4/h9-14H,5-8,16H2,1-4H3. The molecule has 2 aliphatic heterocycles. The van der Waals surface area contributed by atoms with Gasteiger partial charge in [0.05, 0.1) is 18.1 Å². The van der Waals surface area contributed by atoms with Crippen LogP contribution in [0.1, 0.15) is 40.5 Å². The fraction of sp³-hybridized carbons (Fsp3) is 0.933. The van der Waals surface area contributed by atoms with E-state index in [1.165, 1.54) is 0 Å². The number of likely N-dealkylation sites (tertiary alicyclic amines) is 1. The van der Waals surface area contributed by atoms with Crippen molar-refractivity contribution in [2.24, 2.45) is 23.5 Å². The Bertz CT molecular complexity index is 334. The van der Waals surface area contributed by atoms with Crippen LogP contribution in [-0.2, 0) is 9.53 Å². The summed E-state index contributed by atoms with van der Waals surface area (Å²) >= 11 is 0. The molecular formula is C15H28N2O2. The molecule has 2 aliphatic rings. The van der Waals surface area contributed by atoms with Crippen LogP contribution in [-0.4, -0.2) is 42.1 Å². The molecule has 0 aromatic heterocycles. The molecular weight excluding hydrogens is 240 g/mol. The molecule has 1 amide bonds. The van der Waals surface area contributed by atoms with E-state index in [4.69, 9.17) is 10.5 Å². The van der Waals surface area contributed by atoms with E-state index in [1.54, 1.807) is 0 Å². The maximum Gasteiger partial charge on any atom is 0.228 e. The number of hydrogen-bond acceptors (Lipinski definition) is 3. The second-order valence-corrected chi connectivity index (χ2v) is 6.45. The summed E-state index contributed by atoms with van der Waals surface area (Å²) in [4.78, 5) is 14.9. The second-order valence-electron chi connectivity index (χ2n) is 6.45. The fourth-order valence-corrected chi connectivity index (χ4v) is 3.57. The Labute approximate surface area is 116 Å². The van der Waals surface area contributed by atoms with E-state index >= 15 is 0 Å². The molecule has 2 heterocycles. The smallest absolute Gasteiger partial charge is 0.228 e. The fourth-order valence-electron chi connectivity index (χ4n) is 3.57. The van der Waals surface area contributed by atoms with E-state index in [9.17, 15) is 4.79 Å². The number of carbonyl (C=O) groups is 1. The minimum absolute atomic E-state index is 0.00831. The van der Waals surface area contributed by atoms with Crippen molar-refractivity contribution in [2.45, 2.75) is 58.8 Å². The number of amides is 1. The molecule has 19 heavy (non-hydrogen) atoms. The Hall–Kier alpha value is -0.610. The van der Waals surface area contributed by atoms with Gasteiger partial charge in [0.25, 0.3) is 0 Å². The molecule has 0 saturated carbocycles. The number of nitrogens with zero attached hydrogens (tertiary/aromatic N) is 1. The molecule has 4 heteroatoms. The molecule has 0 aromatic rings. The van der Waals surface area contributed by atoms with Crippen molar-refractivity contribution in [3.63, 3.8) is 0 Å². The number of hydrogen-bond donors (Lipinski definition) is 1. The van der Waals surface area contributed by atoms with Gasteiger partial charge in [0.15, 0.2) is 0 Å². The molecule has 2 rings (SSSR count). The van der Waals surface area contributed by atoms with Crippen LogP contribution in [0.4, 0.5) is 0 Å². The predicted molar refractivity (Wildman–Crippen MR) is 75.6 cm³/mol. The molecule has 0 aromatic carbocycles. The number of piperidine rings is 1. The van der Waals surface area contributed by atoms with Crippen LogP contribution in [0.15, 0.2) is 0 Å². The molecule has 4 nitrogen and oxygen atoms in total. The molecule has 2 saturated heterocycles. The first-order valence-electron chi connectivity index (χ1n) is 7.61. The lowest BCUT2D eigenvalue weighted by Gasteiger charge is -2.40. The molecule has 0 spiro atoms. The number of nitrogens with two attached hydrogens (primary N) is 1. The summed E-state index contributed by atoms with van der Waals surface area (Å²) in [7, 11) is 0. The lowest BCUT2D eigenvalue weighted by Crippen LogP contribution is -2.51. The molecule has 2 fully saturated rings. The minimum atomic E-state index is 0.00831. The highest BCUT2D eigenvalue weighted by atomic mass is 16.5. The summed E-state index contributed by atoms with van der Waals surface area (Å²) in [6, 6.07) is 0.339. The third-order valence-electron chi connectivity index (χ3n) is 5.12. The molecule has 2 N–H and O–H groups in total. The molecule has 110 valence electrons. The number of rotatable bonds is 2. The van der Waals surface area contributed by atoms with Crippen molar-refractivity contribution < 1.29 is 9.53 Å². The summed E-state index contributed by atoms with van der Waals surface area (Å²) in [5.41, 5.74) is 5.78. The third-order valence-corrected chi connectivity index (χ3v) is 5.12. The third kappa shape index (κ3) is 2.79. The molecule has 0 bridgehead atoms. The average Bonchev–Trinajstić information content (AvgIpc) is 2.63. The lowest BCUT2D eigenvalue weighted by molar-refractivity contribution is -0.142. The number of ether oxygens (including phenoxy) is 1. The Kier molecular flexibility index (Phi) is 4.51. The van der Waals surface area contributed by atoms with Gasteiger partial charge < -0.3 is 15.4 Å². The number of carbonyl (C=O) groups excluding carboxylic acids is 1. The normalized spacial score (nSPS) is 43.5. The first kappa shape index (κ1) is 14.8. The molecule has 0 radical (unpaired) electrons. The SMILES string of the molecule is CC1OC(C)C(C(=O)N2CC(CN)CCC2C)C1C. The van der Waals surface area contributed by atoms with Crippen molar-refractivity contribution in [2.75, 3.05) is 13.1 Å². The highest BCUT2D eigenvalue weighted by molar-refractivity contribution is 5.80. The Morgan fingerprint density at radius 2 is 1.89 bits per heavy atom. The van der Waals surface area contributed by atoms with E-state index in [-0.39, 0.29) is 24.0 Å². The van der Waals surface area contributed by atoms with Gasteiger partial charge in [-0.1, -0.05) is 6.92 Å². The van der Waals surface area contributed by atoms with Crippen LogP contribution in [0.25, 0.3) is 0 Å². The summed E-state index contributed by atoms with van der Waals surface area (Å²) < 4.78 is 5.81. The van der Waals surface area contributed by atoms with Gasteiger partial charge in [-0.2, -0.15) is 0 Å². The van der Waals surface area contributed by atoms with Crippen LogP contribution in [0.2, 0.25) is 0 Å². The van der Waals surface area contributed by atoms with Crippen molar-refractivity contribution in [3.05, 3.63) is 0 Å². The van der Waals surface area contributed by atoms with Crippen LogP contribution in [0, 0.1) is 17.8 Å². The van der Waals surface area contributed by atoms with Crippen molar-refractivity contribution in [1.29, 1.82) is 0 Å². The largest absolute Gasteiger partial charge is 0.374 e. The quantitative estimate of drug-likeness (QED) is 0.828. The van der Waals surface area contributed by atoms with Gasteiger partial charge in [-0.15, -0.1) is 0 Å². The summed E-state index contributed by atoms with van der Waals surface area (Å²) in [6.45, 7) is 9.87. The molecule has 0 aliphatic carbocycles. The zero-order valence-corrected chi connectivity index (χ0v) is 12.6. The Balaban J connectivity index is 2.09. The molecule has 6 atom stereocenters. The van der Waals surface area contributed by atoms with E-state index in [1.807, 2.05) is 6.92 Å². The highest BCUT2D eigenvalue weighted by Crippen LogP contribution is 2.35. The van der Waals surface area contributed by atoms with E-state index in [0.717, 1.165) is 19.4 Å². The van der Waals surface area contributed by atoms with Gasteiger partial charge in [-0.05, 0) is 52.0 Å². The molecule has 6 unspecified atom stereocenters. The van der Waals surface area contributed by atoms with Crippen LogP contribution in [0.3, 0.4) is 0 Å². The minimum Gasteiger partial charge on any atom is -0.374 e. The first-order chi connectivity index (χ1) is 8.95. The highest BCUT2D eigenvalue weighted by Gasteiger charge is 2.44. The van der Waals surface area contributed by atoms with Crippen molar-refractivity contribution in [3.8, 4) is 0 Å². The van der Waals surface area contributed by atoms with Crippen molar-refractivity contribution in [1.82, 2.24) is 4.90 Å². The maximum atomic E-state index is 12.8. The van der Waals surface area contributed by atoms with Gasteiger partial charge >= 0.3 is 0 Å². The van der Waals surface area contributed by atoms with Crippen LogP contribution in [0.5, 0.6) is 0 Å². The van der Waals surface area contributed by atoms with E-state index in [0.29, 0.717) is 24.4 Å². The topological polar surface area (TPSA) is 55.6 Å².